The Morgan fingerprint density at radius 1 is 1.47 bits per heavy atom. The molecule has 1 aromatic rings. The molecule has 2 N–H and O–H groups in total. The number of carbonyl (C=O) groups excluding carboxylic acids is 1. The second kappa shape index (κ2) is 6.52. The molecule has 0 aromatic heterocycles. The lowest BCUT2D eigenvalue weighted by atomic mass is 9.99. The lowest BCUT2D eigenvalue weighted by molar-refractivity contribution is -0.119. The molecule has 0 bridgehead atoms. The molecule has 4 nitrogen and oxygen atoms in total. The molecule has 2 rings (SSSR count). The molecule has 0 radical (unpaired) electrons. The minimum absolute atomic E-state index is 0.287. The highest BCUT2D eigenvalue weighted by molar-refractivity contribution is 5.75. The molecule has 1 aromatic carbocycles. The van der Waals surface area contributed by atoms with Gasteiger partial charge in [0, 0.05) is 12.5 Å². The third-order valence-electron chi connectivity index (χ3n) is 3.29. The van der Waals surface area contributed by atoms with Crippen LogP contribution in [0.3, 0.4) is 0 Å². The number of ether oxygens (including phenoxy) is 1. The quantitative estimate of drug-likeness (QED) is 0.876. The number of primary amides is 1. The third kappa shape index (κ3) is 4.21. The smallest absolute Gasteiger partial charge is 0.231 e. The van der Waals surface area contributed by atoms with Crippen LogP contribution in [0.5, 0.6) is 5.75 Å². The Morgan fingerprint density at radius 3 is 3.00 bits per heavy atom. The van der Waals surface area contributed by atoms with Crippen molar-refractivity contribution in [2.24, 2.45) is 11.7 Å². The van der Waals surface area contributed by atoms with E-state index in [1.165, 1.54) is 6.07 Å². The van der Waals surface area contributed by atoms with Crippen molar-refractivity contribution in [3.05, 3.63) is 30.1 Å². The fourth-order valence-electron chi connectivity index (χ4n) is 2.42. The Labute approximate surface area is 112 Å². The van der Waals surface area contributed by atoms with Crippen molar-refractivity contribution < 1.29 is 13.9 Å². The molecule has 1 aliphatic heterocycles. The lowest BCUT2D eigenvalue weighted by Crippen LogP contribution is -2.42. The van der Waals surface area contributed by atoms with Crippen LogP contribution in [-0.4, -0.2) is 37.0 Å². The molecule has 5 heteroatoms. The third-order valence-corrected chi connectivity index (χ3v) is 3.29. The average molecular weight is 266 g/mol. The van der Waals surface area contributed by atoms with Gasteiger partial charge in [-0.3, -0.25) is 9.69 Å². The van der Waals surface area contributed by atoms with E-state index in [9.17, 15) is 9.18 Å². The lowest BCUT2D eigenvalue weighted by Gasteiger charge is -2.31. The summed E-state index contributed by atoms with van der Waals surface area (Å²) in [5, 5.41) is 0. The van der Waals surface area contributed by atoms with Gasteiger partial charge in [0.05, 0.1) is 13.2 Å². The topological polar surface area (TPSA) is 55.6 Å². The Hall–Kier alpha value is -1.62. The minimum Gasteiger partial charge on any atom is -0.490 e. The number of amides is 1. The van der Waals surface area contributed by atoms with Crippen molar-refractivity contribution in [3.63, 3.8) is 0 Å². The average Bonchev–Trinajstić information content (AvgIpc) is 2.37. The normalized spacial score (nSPS) is 20.2. The number of carbonyl (C=O) groups is 1. The maximum atomic E-state index is 13.4. The first-order chi connectivity index (χ1) is 9.15. The highest BCUT2D eigenvalue weighted by Crippen LogP contribution is 2.20. The number of piperidine rings is 1. The zero-order chi connectivity index (χ0) is 13.7. The van der Waals surface area contributed by atoms with Crippen molar-refractivity contribution >= 4 is 5.91 Å². The number of nitrogens with zero attached hydrogens (tertiary/aromatic N) is 1. The number of likely N-dealkylation sites (tertiary alicyclic amines) is 1. The SMILES string of the molecule is NC(=O)CN1CCCC(COc2ccccc2F)C1. The summed E-state index contributed by atoms with van der Waals surface area (Å²) in [7, 11) is 0. The predicted octanol–water partition coefficient (Wildman–Crippen LogP) is 1.40. The van der Waals surface area contributed by atoms with E-state index in [4.69, 9.17) is 10.5 Å². The van der Waals surface area contributed by atoms with E-state index in [2.05, 4.69) is 0 Å². The molecular weight excluding hydrogens is 247 g/mol. The van der Waals surface area contributed by atoms with E-state index in [0.717, 1.165) is 25.9 Å². The number of halogens is 1. The van der Waals surface area contributed by atoms with Gasteiger partial charge in [-0.2, -0.15) is 0 Å². The van der Waals surface area contributed by atoms with Crippen LogP contribution in [0, 0.1) is 11.7 Å². The van der Waals surface area contributed by atoms with Gasteiger partial charge in [0.15, 0.2) is 11.6 Å². The van der Waals surface area contributed by atoms with Crippen LogP contribution in [0.15, 0.2) is 24.3 Å². The maximum absolute atomic E-state index is 13.4. The van der Waals surface area contributed by atoms with Gasteiger partial charge in [0.25, 0.3) is 0 Å². The van der Waals surface area contributed by atoms with Crippen LogP contribution in [0.4, 0.5) is 4.39 Å². The highest BCUT2D eigenvalue weighted by atomic mass is 19.1. The summed E-state index contributed by atoms with van der Waals surface area (Å²) >= 11 is 0. The van der Waals surface area contributed by atoms with Gasteiger partial charge in [-0.05, 0) is 31.5 Å². The molecule has 1 fully saturated rings. The first-order valence-corrected chi connectivity index (χ1v) is 6.53. The summed E-state index contributed by atoms with van der Waals surface area (Å²) in [6.07, 6.45) is 2.04. The highest BCUT2D eigenvalue weighted by Gasteiger charge is 2.21. The predicted molar refractivity (Wildman–Crippen MR) is 70.3 cm³/mol. The molecule has 19 heavy (non-hydrogen) atoms. The molecule has 0 spiro atoms. The van der Waals surface area contributed by atoms with Crippen LogP contribution >= 0.6 is 0 Å². The Balaban J connectivity index is 1.82. The van der Waals surface area contributed by atoms with Gasteiger partial charge in [0.2, 0.25) is 5.91 Å². The molecule has 1 aliphatic rings. The van der Waals surface area contributed by atoms with Crippen LogP contribution in [0.25, 0.3) is 0 Å². The zero-order valence-corrected chi connectivity index (χ0v) is 10.8. The van der Waals surface area contributed by atoms with Crippen molar-refractivity contribution in [1.82, 2.24) is 4.90 Å². The maximum Gasteiger partial charge on any atom is 0.231 e. The van der Waals surface area contributed by atoms with E-state index >= 15 is 0 Å². The van der Waals surface area contributed by atoms with E-state index in [-0.39, 0.29) is 24.0 Å². The summed E-state index contributed by atoms with van der Waals surface area (Å²) in [4.78, 5) is 12.9. The largest absolute Gasteiger partial charge is 0.490 e. The van der Waals surface area contributed by atoms with E-state index < -0.39 is 0 Å². The van der Waals surface area contributed by atoms with Crippen molar-refractivity contribution in [2.45, 2.75) is 12.8 Å². The van der Waals surface area contributed by atoms with E-state index in [1.807, 2.05) is 4.90 Å². The first kappa shape index (κ1) is 13.8. The second-order valence-electron chi connectivity index (χ2n) is 4.95. The fraction of sp³-hybridized carbons (Fsp3) is 0.500. The number of hydrogen-bond donors (Lipinski definition) is 1. The summed E-state index contributed by atoms with van der Waals surface area (Å²) in [5.74, 6) is -0.0507. The Bertz CT molecular complexity index is 439. The van der Waals surface area contributed by atoms with Crippen LogP contribution in [0.2, 0.25) is 0 Å². The molecule has 1 atom stereocenters. The van der Waals surface area contributed by atoms with E-state index in [0.29, 0.717) is 12.5 Å². The van der Waals surface area contributed by atoms with Gasteiger partial charge < -0.3 is 10.5 Å². The molecule has 1 amide bonds. The van der Waals surface area contributed by atoms with Gasteiger partial charge in [-0.15, -0.1) is 0 Å². The zero-order valence-electron chi connectivity index (χ0n) is 10.8. The Morgan fingerprint density at radius 2 is 2.26 bits per heavy atom. The van der Waals surface area contributed by atoms with Crippen molar-refractivity contribution in [2.75, 3.05) is 26.2 Å². The van der Waals surface area contributed by atoms with Gasteiger partial charge >= 0.3 is 0 Å². The van der Waals surface area contributed by atoms with Gasteiger partial charge in [-0.1, -0.05) is 12.1 Å². The van der Waals surface area contributed by atoms with E-state index in [1.54, 1.807) is 18.2 Å². The number of nitrogens with two attached hydrogens (primary N) is 1. The first-order valence-electron chi connectivity index (χ1n) is 6.53. The summed E-state index contributed by atoms with van der Waals surface area (Å²) in [6, 6.07) is 6.39. The molecule has 0 saturated carbocycles. The molecule has 1 unspecified atom stereocenters. The molecule has 0 aliphatic carbocycles. The van der Waals surface area contributed by atoms with Crippen LogP contribution in [-0.2, 0) is 4.79 Å². The molecule has 104 valence electrons. The number of rotatable bonds is 5. The number of benzene rings is 1. The monoisotopic (exact) mass is 266 g/mol. The minimum atomic E-state index is -0.340. The van der Waals surface area contributed by atoms with Gasteiger partial charge in [0.1, 0.15) is 0 Å². The van der Waals surface area contributed by atoms with Crippen LogP contribution < -0.4 is 10.5 Å². The standard InChI is InChI=1S/C14H19FN2O2/c15-12-5-1-2-6-13(12)19-10-11-4-3-7-17(8-11)9-14(16)18/h1-2,5-6,11H,3-4,7-10H2,(H2,16,18). The van der Waals surface area contributed by atoms with Crippen molar-refractivity contribution in [3.8, 4) is 5.75 Å². The molecular formula is C14H19FN2O2. The number of hydrogen-bond acceptors (Lipinski definition) is 3. The van der Waals surface area contributed by atoms with Crippen LogP contribution in [0.1, 0.15) is 12.8 Å². The summed E-state index contributed by atoms with van der Waals surface area (Å²) in [6.45, 7) is 2.42. The fourth-order valence-corrected chi connectivity index (χ4v) is 2.42. The summed E-state index contributed by atoms with van der Waals surface area (Å²) in [5.41, 5.74) is 5.19. The number of para-hydroxylation sites is 1. The van der Waals surface area contributed by atoms with Crippen molar-refractivity contribution in [1.29, 1.82) is 0 Å². The Kier molecular flexibility index (Phi) is 4.74. The molecule has 1 heterocycles. The van der Waals surface area contributed by atoms with Gasteiger partial charge in [-0.25, -0.2) is 4.39 Å². The summed E-state index contributed by atoms with van der Waals surface area (Å²) < 4.78 is 18.9. The molecule has 1 saturated heterocycles. The second-order valence-corrected chi connectivity index (χ2v) is 4.95.